The van der Waals surface area contributed by atoms with E-state index in [-0.39, 0.29) is 0 Å². The maximum absolute atomic E-state index is 6.69. The normalized spacial score (nSPS) is 9.33. The van der Waals surface area contributed by atoms with E-state index in [1.807, 2.05) is 24.3 Å². The summed E-state index contributed by atoms with van der Waals surface area (Å²) < 4.78 is 0. The van der Waals surface area contributed by atoms with Gasteiger partial charge in [-0.2, -0.15) is 4.98 Å². The van der Waals surface area contributed by atoms with Gasteiger partial charge >= 0.3 is 11.9 Å². The Morgan fingerprint density at radius 1 is 1.42 bits per heavy atom. The van der Waals surface area contributed by atoms with Crippen LogP contribution in [0.25, 0.3) is 11.0 Å². The number of hydrogen-bond acceptors (Lipinski definition) is 2. The van der Waals surface area contributed by atoms with Crippen molar-refractivity contribution in [2.24, 2.45) is 0 Å². The first kappa shape index (κ1) is 6.74. The first-order chi connectivity index (χ1) is 5.90. The van der Waals surface area contributed by atoms with Crippen LogP contribution in [0, 0.1) is 11.5 Å². The second-order valence-electron chi connectivity index (χ2n) is 2.35. The van der Waals surface area contributed by atoms with E-state index in [1.165, 1.54) is 0 Å². The van der Waals surface area contributed by atoms with Crippen LogP contribution in [0.4, 0.5) is 0 Å². The first-order valence-corrected chi connectivity index (χ1v) is 3.52. The van der Waals surface area contributed by atoms with Gasteiger partial charge in [0, 0.05) is 0 Å². The molecule has 0 radical (unpaired) electrons. The monoisotopic (exact) mass is 156 g/mol. The maximum Gasteiger partial charge on any atom is 0.399 e. The summed E-state index contributed by atoms with van der Waals surface area (Å²) in [7, 11) is 0. The largest absolute Gasteiger partial charge is 0.399 e. The van der Waals surface area contributed by atoms with Gasteiger partial charge in [0.1, 0.15) is 0 Å². The molecule has 0 aliphatic carbocycles. The number of nitrogens with zero attached hydrogens (tertiary/aromatic N) is 1. The zero-order valence-corrected chi connectivity index (χ0v) is 6.26. The summed E-state index contributed by atoms with van der Waals surface area (Å²) in [6.45, 7) is 0. The highest BCUT2D eigenvalue weighted by atomic mass is 14.9. The summed E-state index contributed by atoms with van der Waals surface area (Å²) in [5.41, 5.74) is 1.84. The lowest BCUT2D eigenvalue weighted by molar-refractivity contribution is 1.24. The van der Waals surface area contributed by atoms with Gasteiger partial charge in [-0.1, -0.05) is 12.1 Å². The lowest BCUT2D eigenvalue weighted by Gasteiger charge is -1.80. The fourth-order valence-electron chi connectivity index (χ4n) is 1.07. The van der Waals surface area contributed by atoms with Gasteiger partial charge in [0.15, 0.2) is 0 Å². The third kappa shape index (κ3) is 0.995. The number of hydrogen-bond donors (Lipinski definition) is 2. The zero-order chi connectivity index (χ0) is 8.39. The molecule has 1 aromatic heterocycles. The van der Waals surface area contributed by atoms with Crippen molar-refractivity contribution in [2.45, 2.75) is 0 Å². The number of benzene rings is 1. The predicted molar refractivity (Wildman–Crippen MR) is 46.2 cm³/mol. The van der Waals surface area contributed by atoms with Crippen LogP contribution in [0.3, 0.4) is 0 Å². The minimum atomic E-state index is 0.547. The number of H-pyrrole nitrogens is 1. The van der Waals surface area contributed by atoms with Gasteiger partial charge in [-0.25, -0.2) is 5.41 Å². The molecular formula is C9H6N3+. The number of nitrogens with one attached hydrogen (secondary N) is 2. The number of fused-ring (bicyclic) bond motifs is 1. The summed E-state index contributed by atoms with van der Waals surface area (Å²) >= 11 is 0. The Hall–Kier alpha value is -1.95. The molecule has 56 valence electrons. The number of rotatable bonds is 1. The molecule has 0 saturated heterocycles. The smallest absolute Gasteiger partial charge is 0.292 e. The lowest BCUT2D eigenvalue weighted by Crippen LogP contribution is -1.74. The fraction of sp³-hybridized carbons (Fsp3) is 0. The molecule has 0 saturated carbocycles. The van der Waals surface area contributed by atoms with Crippen LogP contribution in [0.1, 0.15) is 5.82 Å². The molecule has 12 heavy (non-hydrogen) atoms. The summed E-state index contributed by atoms with van der Waals surface area (Å²) in [6.07, 6.45) is 2.55. The van der Waals surface area contributed by atoms with Crippen LogP contribution in [-0.2, 0) is 0 Å². The average molecular weight is 156 g/mol. The molecule has 1 aromatic carbocycles. The molecule has 0 aliphatic heterocycles. The SMILES string of the molecule is N=C=[C+]c1nc2ccccc2[nH]1. The van der Waals surface area contributed by atoms with Crippen LogP contribution in [-0.4, -0.2) is 15.8 Å². The molecule has 0 spiro atoms. The molecule has 0 unspecified atom stereocenters. The van der Waals surface area contributed by atoms with Crippen molar-refractivity contribution in [2.75, 3.05) is 0 Å². The van der Waals surface area contributed by atoms with Gasteiger partial charge in [0.25, 0.3) is 5.87 Å². The van der Waals surface area contributed by atoms with Gasteiger partial charge in [0.2, 0.25) is 0 Å². The maximum atomic E-state index is 6.69. The Kier molecular flexibility index (Phi) is 1.45. The standard InChI is InChI=1S/C9H6N3/c10-6-5-9-11-7-3-1-2-4-8(7)12-9/h1-4,10H,(H,11,12)/q+1. The molecule has 0 aliphatic rings. The molecule has 2 aromatic rings. The second-order valence-corrected chi connectivity index (χ2v) is 2.35. The minimum absolute atomic E-state index is 0.547. The number of aromatic amines is 1. The van der Waals surface area contributed by atoms with E-state index in [4.69, 9.17) is 5.41 Å². The van der Waals surface area contributed by atoms with E-state index in [2.05, 4.69) is 21.9 Å². The van der Waals surface area contributed by atoms with E-state index in [9.17, 15) is 0 Å². The Morgan fingerprint density at radius 3 is 3.00 bits per heavy atom. The average Bonchev–Trinajstić information content (AvgIpc) is 2.47. The van der Waals surface area contributed by atoms with Gasteiger partial charge in [0.05, 0.1) is 11.0 Å². The van der Waals surface area contributed by atoms with Gasteiger partial charge in [-0.05, 0) is 12.1 Å². The molecule has 3 nitrogen and oxygen atoms in total. The Labute approximate surface area is 69.3 Å². The van der Waals surface area contributed by atoms with Crippen LogP contribution in [0.2, 0.25) is 0 Å². The molecule has 0 atom stereocenters. The molecule has 0 fully saturated rings. The van der Waals surface area contributed by atoms with Crippen molar-refractivity contribution in [1.29, 1.82) is 5.41 Å². The van der Waals surface area contributed by atoms with Crippen molar-refractivity contribution in [3.8, 4) is 0 Å². The molecule has 0 bridgehead atoms. The first-order valence-electron chi connectivity index (χ1n) is 3.52. The van der Waals surface area contributed by atoms with E-state index in [0.717, 1.165) is 11.0 Å². The topological polar surface area (TPSA) is 52.5 Å². The predicted octanol–water partition coefficient (Wildman–Crippen LogP) is 1.52. The van der Waals surface area contributed by atoms with Crippen molar-refractivity contribution in [3.63, 3.8) is 0 Å². The summed E-state index contributed by atoms with van der Waals surface area (Å²) in [5, 5.41) is 6.69. The van der Waals surface area contributed by atoms with Gasteiger partial charge in [-0.15, -0.1) is 0 Å². The lowest BCUT2D eigenvalue weighted by atomic mass is 10.3. The van der Waals surface area contributed by atoms with Crippen molar-refractivity contribution >= 4 is 16.9 Å². The van der Waals surface area contributed by atoms with Crippen LogP contribution in [0.5, 0.6) is 0 Å². The quantitative estimate of drug-likeness (QED) is 0.477. The van der Waals surface area contributed by atoms with E-state index in [0.29, 0.717) is 5.82 Å². The van der Waals surface area contributed by atoms with Crippen molar-refractivity contribution < 1.29 is 0 Å². The fourth-order valence-corrected chi connectivity index (χ4v) is 1.07. The third-order valence-corrected chi connectivity index (χ3v) is 1.57. The molecule has 0 amide bonds. The Morgan fingerprint density at radius 2 is 2.25 bits per heavy atom. The van der Waals surface area contributed by atoms with Gasteiger partial charge in [-0.3, -0.25) is 4.98 Å². The zero-order valence-electron chi connectivity index (χ0n) is 6.26. The highest BCUT2D eigenvalue weighted by Gasteiger charge is 2.08. The summed E-state index contributed by atoms with van der Waals surface area (Å²) in [4.78, 5) is 7.15. The molecule has 2 N–H and O–H groups in total. The molecule has 1 heterocycles. The number of aromatic nitrogens is 2. The Balaban J connectivity index is 2.69. The van der Waals surface area contributed by atoms with Crippen LogP contribution in [0.15, 0.2) is 24.3 Å². The molecule has 3 heteroatoms. The molecular weight excluding hydrogens is 150 g/mol. The van der Waals surface area contributed by atoms with Crippen LogP contribution < -0.4 is 0 Å². The Bertz CT molecular complexity index is 416. The third-order valence-electron chi connectivity index (χ3n) is 1.57. The highest BCUT2D eigenvalue weighted by molar-refractivity contribution is 5.75. The van der Waals surface area contributed by atoms with E-state index in [1.54, 1.807) is 0 Å². The van der Waals surface area contributed by atoms with E-state index >= 15 is 0 Å². The highest BCUT2D eigenvalue weighted by Crippen LogP contribution is 2.09. The van der Waals surface area contributed by atoms with Crippen molar-refractivity contribution in [1.82, 2.24) is 9.97 Å². The van der Waals surface area contributed by atoms with Crippen LogP contribution >= 0.6 is 0 Å². The minimum Gasteiger partial charge on any atom is -0.292 e. The number of para-hydroxylation sites is 2. The summed E-state index contributed by atoms with van der Waals surface area (Å²) in [5.74, 6) is 2.60. The second kappa shape index (κ2) is 2.59. The summed E-state index contributed by atoms with van der Waals surface area (Å²) in [6, 6.07) is 7.68. The molecule has 2 rings (SSSR count). The van der Waals surface area contributed by atoms with Crippen molar-refractivity contribution in [3.05, 3.63) is 36.2 Å². The van der Waals surface area contributed by atoms with E-state index < -0.39 is 0 Å². The number of imidazole rings is 1. The van der Waals surface area contributed by atoms with Gasteiger partial charge < -0.3 is 0 Å².